The minimum atomic E-state index is -3.13. The average Bonchev–Trinajstić information content (AvgIpc) is 2.42. The van der Waals surface area contributed by atoms with Crippen molar-refractivity contribution in [3.05, 3.63) is 30.3 Å². The summed E-state index contributed by atoms with van der Waals surface area (Å²) in [4.78, 5) is 0.425. The Balaban J connectivity index is 1.79. The van der Waals surface area contributed by atoms with Gasteiger partial charge in [0.1, 0.15) is 0 Å². The predicted octanol–water partition coefficient (Wildman–Crippen LogP) is 2.63. The average molecular weight is 281 g/mol. The molecule has 0 bridgehead atoms. The third kappa shape index (κ3) is 4.32. The first-order chi connectivity index (χ1) is 9.08. The molecule has 1 aliphatic carbocycles. The fourth-order valence-corrected chi connectivity index (χ4v) is 3.80. The maximum absolute atomic E-state index is 12.1. The van der Waals surface area contributed by atoms with Crippen LogP contribution >= 0.6 is 0 Å². The molecular weight excluding hydrogens is 258 g/mol. The van der Waals surface area contributed by atoms with Crippen molar-refractivity contribution in [1.29, 1.82) is 0 Å². The summed E-state index contributed by atoms with van der Waals surface area (Å²) in [7, 11) is -3.13. The lowest BCUT2D eigenvalue weighted by molar-refractivity contribution is 0.311. The van der Waals surface area contributed by atoms with Crippen molar-refractivity contribution in [3.63, 3.8) is 0 Å². The van der Waals surface area contributed by atoms with Crippen LogP contribution in [0.15, 0.2) is 35.2 Å². The molecule has 1 aliphatic rings. The van der Waals surface area contributed by atoms with Crippen molar-refractivity contribution in [2.45, 2.75) is 43.5 Å². The van der Waals surface area contributed by atoms with Crippen LogP contribution in [0.5, 0.6) is 0 Å². The van der Waals surface area contributed by atoms with E-state index >= 15 is 0 Å². The first-order valence-corrected chi connectivity index (χ1v) is 8.74. The number of benzene rings is 1. The van der Waals surface area contributed by atoms with Gasteiger partial charge in [0.05, 0.1) is 10.6 Å². The molecule has 106 valence electrons. The lowest BCUT2D eigenvalue weighted by Gasteiger charge is -2.26. The number of sulfone groups is 1. The van der Waals surface area contributed by atoms with Gasteiger partial charge in [-0.3, -0.25) is 0 Å². The molecular formula is C15H23NO2S. The van der Waals surface area contributed by atoms with Crippen molar-refractivity contribution in [1.82, 2.24) is 5.32 Å². The Labute approximate surface area is 116 Å². The maximum atomic E-state index is 12.1. The number of hydrogen-bond donors (Lipinski definition) is 1. The highest BCUT2D eigenvalue weighted by Gasteiger charge is 2.19. The van der Waals surface area contributed by atoms with Crippen LogP contribution in [-0.2, 0) is 9.84 Å². The van der Waals surface area contributed by atoms with Gasteiger partial charge in [-0.15, -0.1) is 0 Å². The molecule has 0 unspecified atom stereocenters. The molecule has 0 atom stereocenters. The first kappa shape index (κ1) is 14.5. The van der Waals surface area contributed by atoms with E-state index in [1.807, 2.05) is 6.07 Å². The summed E-state index contributed by atoms with van der Waals surface area (Å²) in [6, 6.07) is 9.20. The van der Waals surface area contributed by atoms with Gasteiger partial charge in [-0.25, -0.2) is 8.42 Å². The lowest BCUT2D eigenvalue weighted by Crippen LogP contribution is -2.35. The third-order valence-corrected chi connectivity index (χ3v) is 5.65. The van der Waals surface area contributed by atoms with Crippen LogP contribution in [0.2, 0.25) is 0 Å². The van der Waals surface area contributed by atoms with Gasteiger partial charge in [-0.1, -0.05) is 25.1 Å². The van der Waals surface area contributed by atoms with E-state index in [0.717, 1.165) is 5.92 Å². The zero-order valence-corrected chi connectivity index (χ0v) is 12.3. The summed E-state index contributed by atoms with van der Waals surface area (Å²) in [5.41, 5.74) is 0. The highest BCUT2D eigenvalue weighted by atomic mass is 32.2. The molecule has 1 N–H and O–H groups in total. The Kier molecular flexibility index (Phi) is 4.99. The van der Waals surface area contributed by atoms with Gasteiger partial charge >= 0.3 is 0 Å². The van der Waals surface area contributed by atoms with Crippen LogP contribution in [0.25, 0.3) is 0 Å². The number of nitrogens with one attached hydrogen (secondary N) is 1. The van der Waals surface area contributed by atoms with Gasteiger partial charge in [0.2, 0.25) is 0 Å². The van der Waals surface area contributed by atoms with E-state index < -0.39 is 9.84 Å². The van der Waals surface area contributed by atoms with Crippen LogP contribution in [0.1, 0.15) is 32.6 Å². The molecule has 0 aromatic heterocycles. The Hall–Kier alpha value is -0.870. The summed E-state index contributed by atoms with van der Waals surface area (Å²) < 4.78 is 24.2. The molecule has 1 fully saturated rings. The van der Waals surface area contributed by atoms with Gasteiger partial charge in [-0.05, 0) is 43.7 Å². The largest absolute Gasteiger partial charge is 0.313 e. The summed E-state index contributed by atoms with van der Waals surface area (Å²) in [5.74, 6) is 1.01. The van der Waals surface area contributed by atoms with Gasteiger partial charge in [0.25, 0.3) is 0 Å². The third-order valence-electron chi connectivity index (χ3n) is 3.92. The van der Waals surface area contributed by atoms with E-state index in [1.54, 1.807) is 24.3 Å². The summed E-state index contributed by atoms with van der Waals surface area (Å²) in [5, 5.41) is 3.39. The number of hydrogen-bond acceptors (Lipinski definition) is 3. The lowest BCUT2D eigenvalue weighted by atomic mass is 9.87. The molecule has 19 heavy (non-hydrogen) atoms. The van der Waals surface area contributed by atoms with Gasteiger partial charge in [0, 0.05) is 12.6 Å². The fraction of sp³-hybridized carbons (Fsp3) is 0.600. The van der Waals surface area contributed by atoms with Crippen LogP contribution in [0.4, 0.5) is 0 Å². The van der Waals surface area contributed by atoms with Crippen molar-refractivity contribution >= 4 is 9.84 Å². The summed E-state index contributed by atoms with van der Waals surface area (Å²) in [6.07, 6.45) is 4.85. The molecule has 0 radical (unpaired) electrons. The SMILES string of the molecule is CC1CCC(NCCS(=O)(=O)c2ccccc2)CC1. The highest BCUT2D eigenvalue weighted by molar-refractivity contribution is 7.91. The Morgan fingerprint density at radius 3 is 2.37 bits per heavy atom. The van der Waals surface area contributed by atoms with Gasteiger partial charge in [-0.2, -0.15) is 0 Å². The molecule has 0 amide bonds. The summed E-state index contributed by atoms with van der Waals surface area (Å²) in [6.45, 7) is 2.84. The highest BCUT2D eigenvalue weighted by Crippen LogP contribution is 2.23. The quantitative estimate of drug-likeness (QED) is 0.902. The van der Waals surface area contributed by atoms with E-state index in [0.29, 0.717) is 17.5 Å². The van der Waals surface area contributed by atoms with Crippen LogP contribution in [0, 0.1) is 5.92 Å². The minimum Gasteiger partial charge on any atom is -0.313 e. The predicted molar refractivity (Wildman–Crippen MR) is 77.9 cm³/mol. The second-order valence-electron chi connectivity index (χ2n) is 5.54. The zero-order chi connectivity index (χ0) is 13.7. The second kappa shape index (κ2) is 6.53. The van der Waals surface area contributed by atoms with Crippen molar-refractivity contribution in [3.8, 4) is 0 Å². The van der Waals surface area contributed by atoms with Gasteiger partial charge < -0.3 is 5.32 Å². The fourth-order valence-electron chi connectivity index (χ4n) is 2.61. The molecule has 1 aromatic rings. The van der Waals surface area contributed by atoms with E-state index in [2.05, 4.69) is 12.2 Å². The molecule has 2 rings (SSSR count). The summed E-state index contributed by atoms with van der Waals surface area (Å²) >= 11 is 0. The van der Waals surface area contributed by atoms with Gasteiger partial charge in [0.15, 0.2) is 9.84 Å². The first-order valence-electron chi connectivity index (χ1n) is 7.09. The topological polar surface area (TPSA) is 46.2 Å². The number of rotatable bonds is 5. The molecule has 1 aromatic carbocycles. The molecule has 3 nitrogen and oxygen atoms in total. The van der Waals surface area contributed by atoms with Crippen molar-refractivity contribution < 1.29 is 8.42 Å². The van der Waals surface area contributed by atoms with E-state index in [-0.39, 0.29) is 5.75 Å². The molecule has 4 heteroatoms. The standard InChI is InChI=1S/C15H23NO2S/c1-13-7-9-14(10-8-13)16-11-12-19(17,18)15-5-3-2-4-6-15/h2-6,13-14,16H,7-12H2,1H3. The molecule has 0 aliphatic heterocycles. The Morgan fingerprint density at radius 1 is 1.11 bits per heavy atom. The van der Waals surface area contributed by atoms with Crippen molar-refractivity contribution in [2.24, 2.45) is 5.92 Å². The van der Waals surface area contributed by atoms with Crippen LogP contribution in [-0.4, -0.2) is 26.8 Å². The maximum Gasteiger partial charge on any atom is 0.179 e. The molecule has 1 saturated carbocycles. The Morgan fingerprint density at radius 2 is 1.74 bits per heavy atom. The molecule has 0 spiro atoms. The van der Waals surface area contributed by atoms with E-state index in [1.165, 1.54) is 25.7 Å². The van der Waals surface area contributed by atoms with Crippen molar-refractivity contribution in [2.75, 3.05) is 12.3 Å². The normalized spacial score (nSPS) is 24.3. The zero-order valence-electron chi connectivity index (χ0n) is 11.5. The van der Waals surface area contributed by atoms with E-state index in [4.69, 9.17) is 0 Å². The molecule has 0 saturated heterocycles. The monoisotopic (exact) mass is 281 g/mol. The van der Waals surface area contributed by atoms with Crippen LogP contribution in [0.3, 0.4) is 0 Å². The van der Waals surface area contributed by atoms with E-state index in [9.17, 15) is 8.42 Å². The minimum absolute atomic E-state index is 0.184. The smallest absolute Gasteiger partial charge is 0.179 e. The van der Waals surface area contributed by atoms with Crippen LogP contribution < -0.4 is 5.32 Å². The molecule has 0 heterocycles. The second-order valence-corrected chi connectivity index (χ2v) is 7.65. The Bertz CT molecular complexity index is 476.